The molecule has 9 nitrogen and oxygen atoms in total. The molecule has 48 heavy (non-hydrogen) atoms. The van der Waals surface area contributed by atoms with Gasteiger partial charge in [0.05, 0.1) is 61.5 Å². The van der Waals surface area contributed by atoms with E-state index in [0.717, 1.165) is 39.5 Å². The molecule has 1 fully saturated rings. The van der Waals surface area contributed by atoms with Gasteiger partial charge in [0.1, 0.15) is 47.4 Å². The lowest BCUT2D eigenvalue weighted by Gasteiger charge is -2.43. The molecular weight excluding hydrogens is 619 g/mol. The van der Waals surface area contributed by atoms with E-state index in [1.807, 2.05) is 97.1 Å². The highest BCUT2D eigenvalue weighted by molar-refractivity contribution is 5.29. The van der Waals surface area contributed by atoms with Crippen molar-refractivity contribution in [3.8, 4) is 23.0 Å². The molecule has 10 heteroatoms. The Labute approximate surface area is 281 Å². The summed E-state index contributed by atoms with van der Waals surface area (Å²) < 4.78 is 68.4. The summed E-state index contributed by atoms with van der Waals surface area (Å²) in [6.45, 7) is 0.891. The highest BCUT2D eigenvalue weighted by Crippen LogP contribution is 2.32. The molecule has 1 saturated heterocycles. The van der Waals surface area contributed by atoms with E-state index in [2.05, 4.69) is 0 Å². The summed E-state index contributed by atoms with van der Waals surface area (Å²) >= 11 is 0. The topological polar surface area (TPSA) is 83.1 Å². The van der Waals surface area contributed by atoms with Crippen LogP contribution in [0.4, 0.5) is 4.39 Å². The van der Waals surface area contributed by atoms with Crippen LogP contribution in [0.3, 0.4) is 0 Å². The molecule has 256 valence electrons. The molecule has 0 amide bonds. The first-order valence-electron chi connectivity index (χ1n) is 15.7. The quantitative estimate of drug-likeness (QED) is 0.123. The zero-order valence-corrected chi connectivity index (χ0v) is 27.7. The van der Waals surface area contributed by atoms with E-state index >= 15 is 4.39 Å². The fourth-order valence-electron chi connectivity index (χ4n) is 5.32. The normalized spacial score (nSPS) is 20.6. The highest BCUT2D eigenvalue weighted by Gasteiger charge is 2.49. The summed E-state index contributed by atoms with van der Waals surface area (Å²) in [5, 5.41) is 0. The molecule has 1 heterocycles. The predicted octanol–water partition coefficient (Wildman–Crippen LogP) is 6.69. The Hall–Kier alpha value is -4.19. The van der Waals surface area contributed by atoms with Crippen molar-refractivity contribution >= 4 is 0 Å². The van der Waals surface area contributed by atoms with Gasteiger partial charge in [-0.3, -0.25) is 0 Å². The van der Waals surface area contributed by atoms with Crippen molar-refractivity contribution in [3.05, 3.63) is 119 Å². The molecule has 1 aliphatic heterocycles. The summed E-state index contributed by atoms with van der Waals surface area (Å²) in [6.07, 6.45) is -5.28. The van der Waals surface area contributed by atoms with E-state index in [1.54, 1.807) is 28.4 Å². The van der Waals surface area contributed by atoms with Gasteiger partial charge in [-0.2, -0.15) is 0 Å². The number of benzene rings is 4. The Morgan fingerprint density at radius 3 is 1.17 bits per heavy atom. The molecule has 0 aromatic heterocycles. The molecule has 5 unspecified atom stereocenters. The van der Waals surface area contributed by atoms with Crippen LogP contribution < -0.4 is 18.9 Å². The summed E-state index contributed by atoms with van der Waals surface area (Å²) in [7, 11) is 6.45. The van der Waals surface area contributed by atoms with E-state index in [-0.39, 0.29) is 26.4 Å². The van der Waals surface area contributed by atoms with Gasteiger partial charge < -0.3 is 42.6 Å². The Morgan fingerprint density at radius 2 is 0.792 bits per heavy atom. The van der Waals surface area contributed by atoms with Crippen LogP contribution in [0.2, 0.25) is 0 Å². The van der Waals surface area contributed by atoms with Gasteiger partial charge in [0.15, 0.2) is 0 Å². The first-order chi connectivity index (χ1) is 23.5. The van der Waals surface area contributed by atoms with Crippen molar-refractivity contribution in [1.29, 1.82) is 0 Å². The Morgan fingerprint density at radius 1 is 0.458 bits per heavy atom. The van der Waals surface area contributed by atoms with E-state index < -0.39 is 30.8 Å². The van der Waals surface area contributed by atoms with Crippen molar-refractivity contribution in [2.45, 2.75) is 57.2 Å². The van der Waals surface area contributed by atoms with Crippen LogP contribution in [0.5, 0.6) is 23.0 Å². The summed E-state index contributed by atoms with van der Waals surface area (Å²) in [5.41, 5.74) is 3.57. The maximum Gasteiger partial charge on any atom is 0.228 e. The second kappa shape index (κ2) is 17.8. The van der Waals surface area contributed by atoms with Gasteiger partial charge in [-0.25, -0.2) is 4.39 Å². The van der Waals surface area contributed by atoms with Gasteiger partial charge >= 0.3 is 0 Å². The van der Waals surface area contributed by atoms with Crippen molar-refractivity contribution in [3.63, 3.8) is 0 Å². The van der Waals surface area contributed by atoms with Crippen molar-refractivity contribution < 1.29 is 47.0 Å². The third kappa shape index (κ3) is 9.68. The average molecular weight is 663 g/mol. The van der Waals surface area contributed by atoms with Crippen LogP contribution >= 0.6 is 0 Å². The third-order valence-corrected chi connectivity index (χ3v) is 8.09. The lowest BCUT2D eigenvalue weighted by molar-refractivity contribution is -0.298. The zero-order valence-electron chi connectivity index (χ0n) is 27.7. The standard InChI is InChI=1S/C38H43FO9/c1-40-30-13-5-26(6-14-30)21-44-25-34-35(45-22-27-7-15-31(41-2)16-8-27)36(46-23-28-9-17-32(42-3)18-10-28)37(38(39)48-34)47-24-29-11-19-33(43-4)20-12-29/h5-20,34-38H,21-25H2,1-4H3. The molecule has 0 spiro atoms. The zero-order chi connectivity index (χ0) is 33.7. The average Bonchev–Trinajstić information content (AvgIpc) is 3.14. The molecule has 0 bridgehead atoms. The minimum atomic E-state index is -1.81. The molecular formula is C38H43FO9. The largest absolute Gasteiger partial charge is 0.497 e. The lowest BCUT2D eigenvalue weighted by atomic mass is 9.98. The Bertz CT molecular complexity index is 1500. The molecule has 0 N–H and O–H groups in total. The first kappa shape index (κ1) is 35.1. The van der Waals surface area contributed by atoms with Gasteiger partial charge in [-0.05, 0) is 70.8 Å². The number of hydrogen-bond acceptors (Lipinski definition) is 9. The van der Waals surface area contributed by atoms with Crippen LogP contribution in [0.1, 0.15) is 22.3 Å². The maximum atomic E-state index is 16.0. The number of alkyl halides is 1. The summed E-state index contributed by atoms with van der Waals surface area (Å²) in [6, 6.07) is 30.0. The Kier molecular flexibility index (Phi) is 13.0. The second-order valence-electron chi connectivity index (χ2n) is 11.3. The predicted molar refractivity (Wildman–Crippen MR) is 177 cm³/mol. The van der Waals surface area contributed by atoms with Gasteiger partial charge in [-0.15, -0.1) is 0 Å². The molecule has 5 atom stereocenters. The third-order valence-electron chi connectivity index (χ3n) is 8.09. The van der Waals surface area contributed by atoms with Crippen molar-refractivity contribution in [2.24, 2.45) is 0 Å². The monoisotopic (exact) mass is 662 g/mol. The van der Waals surface area contributed by atoms with Gasteiger partial charge in [-0.1, -0.05) is 48.5 Å². The van der Waals surface area contributed by atoms with E-state index in [4.69, 9.17) is 42.6 Å². The molecule has 0 saturated carbocycles. The van der Waals surface area contributed by atoms with Gasteiger partial charge in [0.25, 0.3) is 0 Å². The SMILES string of the molecule is COc1ccc(COCC2OC(F)C(OCc3ccc(OC)cc3)C(OCc3ccc(OC)cc3)C2OCc2ccc(OC)cc2)cc1. The smallest absolute Gasteiger partial charge is 0.228 e. The number of halogens is 1. The summed E-state index contributed by atoms with van der Waals surface area (Å²) in [5.74, 6) is 2.93. The van der Waals surface area contributed by atoms with E-state index in [9.17, 15) is 0 Å². The molecule has 4 aromatic carbocycles. The molecule has 5 rings (SSSR count). The molecule has 4 aromatic rings. The number of methoxy groups -OCH3 is 4. The van der Waals surface area contributed by atoms with Crippen LogP contribution in [-0.4, -0.2) is 65.8 Å². The molecule has 0 aliphatic carbocycles. The van der Waals surface area contributed by atoms with Gasteiger partial charge in [0.2, 0.25) is 6.36 Å². The number of rotatable bonds is 17. The highest BCUT2D eigenvalue weighted by atomic mass is 19.1. The van der Waals surface area contributed by atoms with Crippen molar-refractivity contribution in [1.82, 2.24) is 0 Å². The minimum Gasteiger partial charge on any atom is -0.497 e. The maximum absolute atomic E-state index is 16.0. The van der Waals surface area contributed by atoms with Crippen LogP contribution in [0.15, 0.2) is 97.1 Å². The summed E-state index contributed by atoms with van der Waals surface area (Å²) in [4.78, 5) is 0. The van der Waals surface area contributed by atoms with E-state index in [0.29, 0.717) is 12.4 Å². The van der Waals surface area contributed by atoms with Crippen LogP contribution in [0.25, 0.3) is 0 Å². The fourth-order valence-corrected chi connectivity index (χ4v) is 5.32. The van der Waals surface area contributed by atoms with E-state index in [1.165, 1.54) is 0 Å². The number of ether oxygens (including phenoxy) is 9. The van der Waals surface area contributed by atoms with Crippen LogP contribution in [-0.2, 0) is 50.1 Å². The molecule has 1 aliphatic rings. The first-order valence-corrected chi connectivity index (χ1v) is 15.7. The second-order valence-corrected chi connectivity index (χ2v) is 11.3. The minimum absolute atomic E-state index is 0.0628. The Balaban J connectivity index is 1.37. The van der Waals surface area contributed by atoms with Crippen LogP contribution in [0, 0.1) is 0 Å². The molecule has 0 radical (unpaired) electrons. The fraction of sp³-hybridized carbons (Fsp3) is 0.368. The van der Waals surface area contributed by atoms with Crippen molar-refractivity contribution in [2.75, 3.05) is 35.0 Å². The lowest BCUT2D eigenvalue weighted by Crippen LogP contribution is -2.60. The van der Waals surface area contributed by atoms with Gasteiger partial charge in [0, 0.05) is 0 Å². The number of hydrogen-bond donors (Lipinski definition) is 0.